The van der Waals surface area contributed by atoms with E-state index in [-0.39, 0.29) is 28.5 Å². The van der Waals surface area contributed by atoms with E-state index in [9.17, 15) is 13.2 Å². The van der Waals surface area contributed by atoms with Crippen LogP contribution < -0.4 is 14.4 Å². The van der Waals surface area contributed by atoms with Gasteiger partial charge in [0.25, 0.3) is 0 Å². The minimum absolute atomic E-state index is 0.0845. The number of rotatable bonds is 5. The van der Waals surface area contributed by atoms with E-state index in [1.807, 2.05) is 23.1 Å². The summed E-state index contributed by atoms with van der Waals surface area (Å²) < 4.78 is 38.5. The zero-order valence-corrected chi connectivity index (χ0v) is 18.9. The van der Waals surface area contributed by atoms with Gasteiger partial charge in [0.2, 0.25) is 15.9 Å². The number of carbonyl (C=O) groups is 1. The van der Waals surface area contributed by atoms with Crippen LogP contribution >= 0.6 is 0 Å². The first-order chi connectivity index (χ1) is 14.9. The highest BCUT2D eigenvalue weighted by molar-refractivity contribution is 7.89. The van der Waals surface area contributed by atoms with E-state index in [0.717, 1.165) is 12.1 Å². The molecule has 2 aromatic rings. The molecule has 0 unspecified atom stereocenters. The molecule has 2 aliphatic heterocycles. The lowest BCUT2D eigenvalue weighted by Gasteiger charge is -2.34. The van der Waals surface area contributed by atoms with Gasteiger partial charge < -0.3 is 14.4 Å². The van der Waals surface area contributed by atoms with Crippen molar-refractivity contribution in [2.24, 2.45) is 5.92 Å². The average Bonchev–Trinajstić information content (AvgIpc) is 3.13. The first kappa shape index (κ1) is 21.6. The van der Waals surface area contributed by atoms with Gasteiger partial charge in [-0.05, 0) is 49.9 Å². The Bertz CT molecular complexity index is 1080. The summed E-state index contributed by atoms with van der Waals surface area (Å²) in [7, 11) is -0.823. The topological polar surface area (TPSA) is 76.1 Å². The van der Waals surface area contributed by atoms with Crippen molar-refractivity contribution in [2.45, 2.75) is 37.1 Å². The van der Waals surface area contributed by atoms with Crippen LogP contribution in [0, 0.1) is 5.92 Å². The zero-order chi connectivity index (χ0) is 22.2. The Morgan fingerprint density at radius 1 is 1.03 bits per heavy atom. The Balaban J connectivity index is 1.50. The number of anilines is 1. The molecular formula is C23H28N2O5S. The molecule has 2 aromatic carbocycles. The molecule has 0 aromatic heterocycles. The maximum Gasteiger partial charge on any atom is 0.246 e. The second-order valence-electron chi connectivity index (χ2n) is 8.09. The molecule has 0 radical (unpaired) electrons. The fraction of sp³-hybridized carbons (Fsp3) is 0.435. The molecule has 0 saturated carbocycles. The summed E-state index contributed by atoms with van der Waals surface area (Å²) in [6, 6.07) is 12.9. The number of sulfonamides is 1. The Labute approximate surface area is 183 Å². The lowest BCUT2D eigenvalue weighted by Crippen LogP contribution is -2.46. The van der Waals surface area contributed by atoms with Crippen molar-refractivity contribution in [1.82, 2.24) is 4.31 Å². The van der Waals surface area contributed by atoms with Gasteiger partial charge in [-0.2, -0.15) is 4.31 Å². The predicted octanol–water partition coefficient (Wildman–Crippen LogP) is 3.08. The summed E-state index contributed by atoms with van der Waals surface area (Å²) >= 11 is 0. The third-order valence-corrected chi connectivity index (χ3v) is 8.16. The number of amides is 1. The van der Waals surface area contributed by atoms with Gasteiger partial charge in [0.1, 0.15) is 16.4 Å². The van der Waals surface area contributed by atoms with E-state index >= 15 is 0 Å². The molecular weight excluding hydrogens is 416 g/mol. The quantitative estimate of drug-likeness (QED) is 0.708. The second-order valence-corrected chi connectivity index (χ2v) is 9.99. The van der Waals surface area contributed by atoms with Crippen LogP contribution in [0.1, 0.15) is 25.3 Å². The van der Waals surface area contributed by atoms with Gasteiger partial charge in [-0.15, -0.1) is 0 Å². The molecule has 8 heteroatoms. The Morgan fingerprint density at radius 3 is 2.42 bits per heavy atom. The number of hydrogen-bond donors (Lipinski definition) is 0. The third kappa shape index (κ3) is 3.90. The van der Waals surface area contributed by atoms with E-state index in [1.165, 1.54) is 30.2 Å². The van der Waals surface area contributed by atoms with Crippen molar-refractivity contribution >= 4 is 21.6 Å². The highest BCUT2D eigenvalue weighted by atomic mass is 32.2. The summed E-state index contributed by atoms with van der Waals surface area (Å²) in [4.78, 5) is 15.3. The van der Waals surface area contributed by atoms with Crippen LogP contribution in [0.25, 0.3) is 0 Å². The largest absolute Gasteiger partial charge is 0.497 e. The minimum atomic E-state index is -3.76. The fourth-order valence-electron chi connectivity index (χ4n) is 4.57. The molecule has 0 spiro atoms. The summed E-state index contributed by atoms with van der Waals surface area (Å²) in [6.45, 7) is 2.65. The summed E-state index contributed by atoms with van der Waals surface area (Å²) in [5, 5.41) is 0. The monoisotopic (exact) mass is 444 g/mol. The van der Waals surface area contributed by atoms with E-state index in [1.54, 1.807) is 12.1 Å². The van der Waals surface area contributed by atoms with Crippen molar-refractivity contribution in [2.75, 3.05) is 32.2 Å². The van der Waals surface area contributed by atoms with Crippen LogP contribution in [-0.2, 0) is 21.2 Å². The summed E-state index contributed by atoms with van der Waals surface area (Å²) in [6.07, 6.45) is 1.84. The molecule has 1 atom stereocenters. The predicted molar refractivity (Wildman–Crippen MR) is 118 cm³/mol. The smallest absolute Gasteiger partial charge is 0.246 e. The van der Waals surface area contributed by atoms with Crippen molar-refractivity contribution < 1.29 is 22.7 Å². The number of ether oxygens (including phenoxy) is 2. The lowest BCUT2D eigenvalue weighted by atomic mass is 9.96. The molecule has 7 nitrogen and oxygen atoms in total. The summed E-state index contributed by atoms with van der Waals surface area (Å²) in [5.74, 6) is 0.633. The number of fused-ring (bicyclic) bond motifs is 1. The molecule has 2 aliphatic rings. The molecule has 1 fully saturated rings. The number of methoxy groups -OCH3 is 2. The van der Waals surface area contributed by atoms with Gasteiger partial charge in [0, 0.05) is 36.8 Å². The van der Waals surface area contributed by atoms with Gasteiger partial charge in [-0.25, -0.2) is 8.42 Å². The maximum atomic E-state index is 13.3. The Morgan fingerprint density at radius 2 is 1.74 bits per heavy atom. The number of carbonyl (C=O) groups excluding carboxylic acids is 1. The normalized spacial score (nSPS) is 19.8. The van der Waals surface area contributed by atoms with E-state index < -0.39 is 10.0 Å². The number of para-hydroxylation sites is 1. The van der Waals surface area contributed by atoms with Crippen LogP contribution in [0.4, 0.5) is 5.69 Å². The maximum absolute atomic E-state index is 13.3. The minimum Gasteiger partial charge on any atom is -0.497 e. The van der Waals surface area contributed by atoms with Gasteiger partial charge in [0.15, 0.2) is 0 Å². The van der Waals surface area contributed by atoms with Crippen LogP contribution in [0.5, 0.6) is 11.5 Å². The number of nitrogens with zero attached hydrogens (tertiary/aromatic N) is 2. The molecule has 0 aliphatic carbocycles. The highest BCUT2D eigenvalue weighted by Crippen LogP contribution is 2.36. The molecule has 4 rings (SSSR count). The van der Waals surface area contributed by atoms with Crippen molar-refractivity contribution in [1.29, 1.82) is 0 Å². The fourth-order valence-corrected chi connectivity index (χ4v) is 6.21. The van der Waals surface area contributed by atoms with Gasteiger partial charge in [0.05, 0.1) is 14.2 Å². The van der Waals surface area contributed by atoms with Crippen molar-refractivity contribution in [3.63, 3.8) is 0 Å². The lowest BCUT2D eigenvalue weighted by molar-refractivity contribution is -0.123. The van der Waals surface area contributed by atoms with E-state index in [4.69, 9.17) is 9.47 Å². The van der Waals surface area contributed by atoms with Gasteiger partial charge >= 0.3 is 0 Å². The Kier molecular flexibility index (Phi) is 5.94. The molecule has 2 heterocycles. The van der Waals surface area contributed by atoms with Gasteiger partial charge in [-0.1, -0.05) is 18.2 Å². The SMILES string of the molecule is COc1ccc(OC)c(S(=O)(=O)N2CCC(C(=O)N3c4ccccc4C[C@H]3C)CC2)c1. The molecule has 0 N–H and O–H groups in total. The average molecular weight is 445 g/mol. The molecule has 1 saturated heterocycles. The number of piperidine rings is 1. The van der Waals surface area contributed by atoms with E-state index in [0.29, 0.717) is 31.7 Å². The molecule has 31 heavy (non-hydrogen) atoms. The second kappa shape index (κ2) is 8.51. The van der Waals surface area contributed by atoms with Gasteiger partial charge in [-0.3, -0.25) is 4.79 Å². The number of benzene rings is 2. The first-order valence-electron chi connectivity index (χ1n) is 10.5. The number of hydrogen-bond acceptors (Lipinski definition) is 5. The Hall–Kier alpha value is -2.58. The van der Waals surface area contributed by atoms with Crippen LogP contribution in [0.15, 0.2) is 47.4 Å². The van der Waals surface area contributed by atoms with Crippen molar-refractivity contribution in [3.05, 3.63) is 48.0 Å². The van der Waals surface area contributed by atoms with Crippen molar-refractivity contribution in [3.8, 4) is 11.5 Å². The van der Waals surface area contributed by atoms with Crippen LogP contribution in [0.3, 0.4) is 0 Å². The highest BCUT2D eigenvalue weighted by Gasteiger charge is 2.38. The molecule has 166 valence electrons. The first-order valence-corrected chi connectivity index (χ1v) is 11.9. The van der Waals surface area contributed by atoms with Crippen LogP contribution in [-0.4, -0.2) is 52.0 Å². The summed E-state index contributed by atoms with van der Waals surface area (Å²) in [5.41, 5.74) is 2.17. The molecule has 0 bridgehead atoms. The standard InChI is InChI=1S/C23H28N2O5S/c1-16-14-18-6-4-5-7-20(18)25(16)23(26)17-10-12-24(13-11-17)31(27,28)22-15-19(29-2)8-9-21(22)30-3/h4-9,15-17H,10-14H2,1-3H3/t16-/m1/s1. The zero-order valence-electron chi connectivity index (χ0n) is 18.1. The van der Waals surface area contributed by atoms with Crippen LogP contribution in [0.2, 0.25) is 0 Å². The van der Waals surface area contributed by atoms with E-state index in [2.05, 4.69) is 13.0 Å². The molecule has 1 amide bonds. The third-order valence-electron chi connectivity index (χ3n) is 6.24.